The lowest BCUT2D eigenvalue weighted by molar-refractivity contribution is -0.127. The van der Waals surface area contributed by atoms with E-state index < -0.39 is 0 Å². The zero-order chi connectivity index (χ0) is 7.56. The Kier molecular flexibility index (Phi) is 2.60. The maximum absolute atomic E-state index is 11.1. The topological polar surface area (TPSA) is 29.1 Å². The third-order valence-electron chi connectivity index (χ3n) is 1.83. The van der Waals surface area contributed by atoms with Gasteiger partial charge in [0.15, 0.2) is 0 Å². The third-order valence-corrected chi connectivity index (χ3v) is 1.96. The van der Waals surface area contributed by atoms with Crippen LogP contribution in [-0.4, -0.2) is 11.3 Å². The lowest BCUT2D eigenvalue weighted by atomic mass is 9.85. The molecule has 1 unspecified atom stereocenters. The molecule has 1 aliphatic rings. The smallest absolute Gasteiger partial charge is 0.223 e. The molecule has 0 spiro atoms. The fourth-order valence-corrected chi connectivity index (χ4v) is 1.12. The molecule has 1 fully saturated rings. The maximum atomic E-state index is 11.1. The molecule has 3 heteroatoms. The molecule has 1 N–H and O–H groups in total. The molecule has 0 saturated heterocycles. The Morgan fingerprint density at radius 1 is 1.70 bits per heavy atom. The number of carbonyl (C=O) groups is 1. The van der Waals surface area contributed by atoms with Gasteiger partial charge in [0.25, 0.3) is 0 Å². The molecule has 2 nitrogen and oxygen atoms in total. The van der Waals surface area contributed by atoms with Crippen LogP contribution in [0.2, 0.25) is 0 Å². The van der Waals surface area contributed by atoms with Crippen molar-refractivity contribution >= 4 is 18.5 Å². The second-order valence-electron chi connectivity index (χ2n) is 2.81. The van der Waals surface area contributed by atoms with E-state index in [0.717, 1.165) is 12.8 Å². The van der Waals surface area contributed by atoms with Gasteiger partial charge in [-0.15, -0.1) is 0 Å². The summed E-state index contributed by atoms with van der Waals surface area (Å²) in [5.41, 5.74) is 0. The SMILES string of the molecule is CC(S)NC(=O)C1CCC1. The Morgan fingerprint density at radius 2 is 2.30 bits per heavy atom. The van der Waals surface area contributed by atoms with Crippen molar-refractivity contribution < 1.29 is 4.79 Å². The fourth-order valence-electron chi connectivity index (χ4n) is 0.994. The number of amides is 1. The first-order valence-electron chi connectivity index (χ1n) is 3.68. The molecule has 10 heavy (non-hydrogen) atoms. The van der Waals surface area contributed by atoms with Crippen molar-refractivity contribution in [1.29, 1.82) is 0 Å². The van der Waals surface area contributed by atoms with Crippen molar-refractivity contribution in [1.82, 2.24) is 5.32 Å². The van der Waals surface area contributed by atoms with Gasteiger partial charge >= 0.3 is 0 Å². The largest absolute Gasteiger partial charge is 0.345 e. The number of hydrogen-bond donors (Lipinski definition) is 2. The number of rotatable bonds is 2. The highest BCUT2D eigenvalue weighted by molar-refractivity contribution is 7.80. The number of carbonyl (C=O) groups excluding carboxylic acids is 1. The van der Waals surface area contributed by atoms with E-state index in [0.29, 0.717) is 0 Å². The van der Waals surface area contributed by atoms with Gasteiger partial charge in [0.05, 0.1) is 5.37 Å². The fraction of sp³-hybridized carbons (Fsp3) is 0.857. The van der Waals surface area contributed by atoms with Crippen molar-refractivity contribution in [3.05, 3.63) is 0 Å². The molecular weight excluding hydrogens is 146 g/mol. The van der Waals surface area contributed by atoms with Gasteiger partial charge in [-0.2, -0.15) is 12.6 Å². The first-order chi connectivity index (χ1) is 4.70. The summed E-state index contributed by atoms with van der Waals surface area (Å²) in [5.74, 6) is 0.461. The molecule has 1 saturated carbocycles. The van der Waals surface area contributed by atoms with Crippen molar-refractivity contribution in [2.24, 2.45) is 5.92 Å². The Balaban J connectivity index is 2.20. The number of nitrogens with one attached hydrogen (secondary N) is 1. The predicted octanol–water partition coefficient (Wildman–Crippen LogP) is 1.18. The summed E-state index contributed by atoms with van der Waals surface area (Å²) in [4.78, 5) is 11.1. The number of thiol groups is 1. The van der Waals surface area contributed by atoms with Crippen LogP contribution < -0.4 is 5.32 Å². The first kappa shape index (κ1) is 7.92. The Labute approximate surface area is 66.8 Å². The summed E-state index contributed by atoms with van der Waals surface area (Å²) in [6.07, 6.45) is 3.33. The molecule has 0 aromatic rings. The lowest BCUT2D eigenvalue weighted by Crippen LogP contribution is -2.37. The van der Waals surface area contributed by atoms with Crippen LogP contribution in [0.25, 0.3) is 0 Å². The van der Waals surface area contributed by atoms with Crippen molar-refractivity contribution in [2.75, 3.05) is 0 Å². The van der Waals surface area contributed by atoms with Crippen LogP contribution in [0.5, 0.6) is 0 Å². The van der Waals surface area contributed by atoms with Crippen LogP contribution in [0.15, 0.2) is 0 Å². The van der Waals surface area contributed by atoms with Gasteiger partial charge in [-0.05, 0) is 19.8 Å². The monoisotopic (exact) mass is 159 g/mol. The van der Waals surface area contributed by atoms with Crippen molar-refractivity contribution in [3.63, 3.8) is 0 Å². The highest BCUT2D eigenvalue weighted by atomic mass is 32.1. The van der Waals surface area contributed by atoms with Gasteiger partial charge in [-0.25, -0.2) is 0 Å². The van der Waals surface area contributed by atoms with Gasteiger partial charge in [-0.3, -0.25) is 4.79 Å². The molecule has 0 aromatic heterocycles. The summed E-state index contributed by atoms with van der Waals surface area (Å²) in [5, 5.41) is 2.76. The normalized spacial score (nSPS) is 21.4. The minimum absolute atomic E-state index is 0.00639. The molecule has 1 rings (SSSR count). The molecule has 1 amide bonds. The maximum Gasteiger partial charge on any atom is 0.223 e. The highest BCUT2D eigenvalue weighted by Crippen LogP contribution is 2.26. The van der Waals surface area contributed by atoms with Crippen LogP contribution in [0, 0.1) is 5.92 Å². The average Bonchev–Trinajstić information content (AvgIpc) is 1.55. The van der Waals surface area contributed by atoms with E-state index in [9.17, 15) is 4.79 Å². The van der Waals surface area contributed by atoms with E-state index in [1.165, 1.54) is 6.42 Å². The van der Waals surface area contributed by atoms with Crippen LogP contribution in [0.3, 0.4) is 0 Å². The molecule has 0 aromatic carbocycles. The van der Waals surface area contributed by atoms with Crippen LogP contribution in [0.4, 0.5) is 0 Å². The van der Waals surface area contributed by atoms with E-state index in [1.807, 2.05) is 6.92 Å². The Morgan fingerprint density at radius 3 is 2.60 bits per heavy atom. The third kappa shape index (κ3) is 1.90. The average molecular weight is 159 g/mol. The molecule has 1 aliphatic carbocycles. The summed E-state index contributed by atoms with van der Waals surface area (Å²) >= 11 is 4.06. The summed E-state index contributed by atoms with van der Waals surface area (Å²) in [6, 6.07) is 0. The minimum atomic E-state index is -0.00639. The Hall–Kier alpha value is -0.180. The zero-order valence-corrected chi connectivity index (χ0v) is 7.03. The quantitative estimate of drug-likeness (QED) is 0.460. The van der Waals surface area contributed by atoms with E-state index in [1.54, 1.807) is 0 Å². The molecule has 0 heterocycles. The summed E-state index contributed by atoms with van der Waals surface area (Å²) in [7, 11) is 0. The standard InChI is InChI=1S/C7H13NOS/c1-5(10)8-7(9)6-3-2-4-6/h5-6,10H,2-4H2,1H3,(H,8,9). The first-order valence-corrected chi connectivity index (χ1v) is 4.20. The van der Waals surface area contributed by atoms with Gasteiger partial charge < -0.3 is 5.32 Å². The van der Waals surface area contributed by atoms with Gasteiger partial charge in [-0.1, -0.05) is 6.42 Å². The van der Waals surface area contributed by atoms with Crippen molar-refractivity contribution in [2.45, 2.75) is 31.6 Å². The van der Waals surface area contributed by atoms with Gasteiger partial charge in [0, 0.05) is 5.92 Å². The summed E-state index contributed by atoms with van der Waals surface area (Å²) in [6.45, 7) is 1.86. The predicted molar refractivity (Wildman–Crippen MR) is 43.9 cm³/mol. The zero-order valence-electron chi connectivity index (χ0n) is 6.13. The van der Waals surface area contributed by atoms with Crippen LogP contribution in [-0.2, 0) is 4.79 Å². The Bertz CT molecular complexity index is 132. The molecule has 1 atom stereocenters. The molecular formula is C7H13NOS. The van der Waals surface area contributed by atoms with Crippen LogP contribution >= 0.6 is 12.6 Å². The summed E-state index contributed by atoms with van der Waals surface area (Å²) < 4.78 is 0. The highest BCUT2D eigenvalue weighted by Gasteiger charge is 2.25. The van der Waals surface area contributed by atoms with E-state index >= 15 is 0 Å². The number of hydrogen-bond acceptors (Lipinski definition) is 2. The molecule has 0 bridgehead atoms. The van der Waals surface area contributed by atoms with Gasteiger partial charge in [0.2, 0.25) is 5.91 Å². The second-order valence-corrected chi connectivity index (χ2v) is 3.59. The van der Waals surface area contributed by atoms with Gasteiger partial charge in [0.1, 0.15) is 0 Å². The van der Waals surface area contributed by atoms with Crippen LogP contribution in [0.1, 0.15) is 26.2 Å². The van der Waals surface area contributed by atoms with E-state index in [4.69, 9.17) is 0 Å². The van der Waals surface area contributed by atoms with Crippen molar-refractivity contribution in [3.8, 4) is 0 Å². The minimum Gasteiger partial charge on any atom is -0.345 e. The second kappa shape index (κ2) is 3.28. The molecule has 0 aliphatic heterocycles. The molecule has 0 radical (unpaired) electrons. The van der Waals surface area contributed by atoms with E-state index in [-0.39, 0.29) is 17.2 Å². The van der Waals surface area contributed by atoms with E-state index in [2.05, 4.69) is 17.9 Å². The molecule has 58 valence electrons. The lowest BCUT2D eigenvalue weighted by Gasteiger charge is -2.24.